The number of nitrogens with zero attached hydrogens (tertiary/aromatic N) is 1. The van der Waals surface area contributed by atoms with E-state index in [2.05, 4.69) is 5.32 Å². The zero-order valence-electron chi connectivity index (χ0n) is 13.7. The fourth-order valence-corrected chi connectivity index (χ4v) is 2.26. The van der Waals surface area contributed by atoms with Gasteiger partial charge in [-0.25, -0.2) is 0 Å². The molecule has 0 aliphatic carbocycles. The van der Waals surface area contributed by atoms with Crippen molar-refractivity contribution in [2.24, 2.45) is 0 Å². The predicted molar refractivity (Wildman–Crippen MR) is 89.3 cm³/mol. The van der Waals surface area contributed by atoms with E-state index in [1.54, 1.807) is 12.1 Å². The first kappa shape index (κ1) is 18.5. The van der Waals surface area contributed by atoms with E-state index in [4.69, 9.17) is 0 Å². The Morgan fingerprint density at radius 2 is 1.64 bits per heavy atom. The van der Waals surface area contributed by atoms with Crippen molar-refractivity contribution in [2.75, 3.05) is 16.8 Å². The molecule has 4 nitrogen and oxygen atoms in total. The van der Waals surface area contributed by atoms with E-state index in [0.29, 0.717) is 5.69 Å². The molecule has 0 unspecified atom stereocenters. The monoisotopic (exact) mass is 350 g/mol. The number of nitrogens with one attached hydrogen (secondary N) is 1. The van der Waals surface area contributed by atoms with Crippen molar-refractivity contribution >= 4 is 23.2 Å². The number of hydrogen-bond acceptors (Lipinski definition) is 2. The molecule has 0 saturated carbocycles. The number of aryl methyl sites for hydroxylation is 1. The Hall–Kier alpha value is -2.83. The lowest BCUT2D eigenvalue weighted by Gasteiger charge is -2.21. The van der Waals surface area contributed by atoms with Crippen LogP contribution in [-0.4, -0.2) is 18.4 Å². The maximum atomic E-state index is 12.6. The third-order valence-electron chi connectivity index (χ3n) is 3.61. The number of benzene rings is 2. The maximum Gasteiger partial charge on any atom is 0.416 e. The summed E-state index contributed by atoms with van der Waals surface area (Å²) in [6, 6.07) is 11.2. The molecule has 132 valence electrons. The Kier molecular flexibility index (Phi) is 5.46. The van der Waals surface area contributed by atoms with Crippen LogP contribution in [-0.2, 0) is 15.8 Å². The summed E-state index contributed by atoms with van der Waals surface area (Å²) in [4.78, 5) is 25.1. The van der Waals surface area contributed by atoms with Crippen molar-refractivity contribution in [2.45, 2.75) is 20.0 Å². The molecule has 0 spiro atoms. The summed E-state index contributed by atoms with van der Waals surface area (Å²) in [6.07, 6.45) is -4.46. The molecule has 0 heterocycles. The number of carbonyl (C=O) groups is 2. The average Bonchev–Trinajstić information content (AvgIpc) is 2.54. The smallest absolute Gasteiger partial charge is 0.324 e. The van der Waals surface area contributed by atoms with Gasteiger partial charge in [-0.3, -0.25) is 9.59 Å². The second-order valence-electron chi connectivity index (χ2n) is 5.51. The molecule has 0 atom stereocenters. The number of anilines is 2. The Morgan fingerprint density at radius 3 is 2.16 bits per heavy atom. The van der Waals surface area contributed by atoms with Crippen LogP contribution in [0.3, 0.4) is 0 Å². The second kappa shape index (κ2) is 7.38. The second-order valence-corrected chi connectivity index (χ2v) is 5.51. The Labute approximate surface area is 143 Å². The molecular formula is C18H17F3N2O2. The van der Waals surface area contributed by atoms with Crippen molar-refractivity contribution in [1.82, 2.24) is 0 Å². The number of carbonyl (C=O) groups excluding carboxylic acids is 2. The molecule has 2 amide bonds. The van der Waals surface area contributed by atoms with E-state index in [0.717, 1.165) is 22.6 Å². The molecule has 0 fully saturated rings. The van der Waals surface area contributed by atoms with Gasteiger partial charge in [-0.2, -0.15) is 13.2 Å². The van der Waals surface area contributed by atoms with Crippen LogP contribution in [0.1, 0.15) is 18.1 Å². The van der Waals surface area contributed by atoms with Crippen LogP contribution in [0.5, 0.6) is 0 Å². The third kappa shape index (κ3) is 4.82. The number of hydrogen-bond donors (Lipinski definition) is 1. The largest absolute Gasteiger partial charge is 0.416 e. The van der Waals surface area contributed by atoms with Crippen LogP contribution in [0.2, 0.25) is 0 Å². The van der Waals surface area contributed by atoms with Gasteiger partial charge in [0.05, 0.1) is 5.56 Å². The quantitative estimate of drug-likeness (QED) is 0.906. The van der Waals surface area contributed by atoms with Gasteiger partial charge >= 0.3 is 6.18 Å². The lowest BCUT2D eigenvalue weighted by atomic mass is 10.2. The fraction of sp³-hybridized carbons (Fsp3) is 0.222. The highest BCUT2D eigenvalue weighted by molar-refractivity contribution is 6.02. The van der Waals surface area contributed by atoms with Crippen molar-refractivity contribution in [3.63, 3.8) is 0 Å². The van der Waals surface area contributed by atoms with Crippen LogP contribution < -0.4 is 10.2 Å². The summed E-state index contributed by atoms with van der Waals surface area (Å²) < 4.78 is 37.9. The van der Waals surface area contributed by atoms with Gasteiger partial charge in [0.2, 0.25) is 11.8 Å². The van der Waals surface area contributed by atoms with E-state index in [-0.39, 0.29) is 12.2 Å². The number of halogens is 3. The van der Waals surface area contributed by atoms with Gasteiger partial charge in [0.1, 0.15) is 6.54 Å². The van der Waals surface area contributed by atoms with Gasteiger partial charge in [-0.05, 0) is 42.8 Å². The molecule has 0 aliphatic rings. The summed E-state index contributed by atoms with van der Waals surface area (Å²) in [6.45, 7) is 2.78. The van der Waals surface area contributed by atoms with Gasteiger partial charge < -0.3 is 10.2 Å². The lowest BCUT2D eigenvalue weighted by Crippen LogP contribution is -2.36. The summed E-state index contributed by atoms with van der Waals surface area (Å²) in [5.41, 5.74) is 0.882. The van der Waals surface area contributed by atoms with Crippen LogP contribution in [0.15, 0.2) is 48.5 Å². The van der Waals surface area contributed by atoms with E-state index in [1.165, 1.54) is 19.1 Å². The predicted octanol–water partition coefficient (Wildman–Crippen LogP) is 4.01. The van der Waals surface area contributed by atoms with Crippen molar-refractivity contribution < 1.29 is 22.8 Å². The molecule has 2 rings (SSSR count). The summed E-state index contributed by atoms with van der Waals surface area (Å²) in [5.74, 6) is -0.885. The first-order valence-corrected chi connectivity index (χ1v) is 7.49. The SMILES string of the molecule is CC(=O)N(CC(=O)Nc1ccccc1C)c1ccc(C(F)(F)F)cc1. The number of para-hydroxylation sites is 1. The minimum Gasteiger partial charge on any atom is -0.324 e. The van der Waals surface area contributed by atoms with E-state index in [1.807, 2.05) is 19.1 Å². The minimum absolute atomic E-state index is 0.223. The zero-order valence-corrected chi connectivity index (χ0v) is 13.7. The highest BCUT2D eigenvalue weighted by atomic mass is 19.4. The zero-order chi connectivity index (χ0) is 18.6. The number of alkyl halides is 3. The standard InChI is InChI=1S/C18H17F3N2O2/c1-12-5-3-4-6-16(12)22-17(25)11-23(13(2)24)15-9-7-14(8-10-15)18(19,20)21/h3-10H,11H2,1-2H3,(H,22,25). The topological polar surface area (TPSA) is 49.4 Å². The van der Waals surface area contributed by atoms with Crippen LogP contribution >= 0.6 is 0 Å². The maximum absolute atomic E-state index is 12.6. The highest BCUT2D eigenvalue weighted by Gasteiger charge is 2.30. The Balaban J connectivity index is 2.14. The normalized spacial score (nSPS) is 11.1. The summed E-state index contributed by atoms with van der Waals surface area (Å²) in [5, 5.41) is 2.69. The number of rotatable bonds is 4. The molecule has 2 aromatic carbocycles. The van der Waals surface area contributed by atoms with Crippen molar-refractivity contribution in [1.29, 1.82) is 0 Å². The molecule has 2 aromatic rings. The third-order valence-corrected chi connectivity index (χ3v) is 3.61. The molecule has 25 heavy (non-hydrogen) atoms. The molecule has 1 N–H and O–H groups in total. The number of amides is 2. The van der Waals surface area contributed by atoms with Crippen molar-refractivity contribution in [3.05, 3.63) is 59.7 Å². The summed E-state index contributed by atoms with van der Waals surface area (Å²) in [7, 11) is 0. The van der Waals surface area contributed by atoms with Gasteiger partial charge in [-0.1, -0.05) is 18.2 Å². The molecule has 0 bridgehead atoms. The van der Waals surface area contributed by atoms with Gasteiger partial charge in [0.25, 0.3) is 0 Å². The first-order chi connectivity index (χ1) is 11.7. The summed E-state index contributed by atoms with van der Waals surface area (Å²) >= 11 is 0. The van der Waals surface area contributed by atoms with Crippen LogP contribution in [0.4, 0.5) is 24.5 Å². The molecule has 7 heteroatoms. The average molecular weight is 350 g/mol. The molecule has 0 saturated heterocycles. The minimum atomic E-state index is -4.46. The molecule has 0 aliphatic heterocycles. The van der Waals surface area contributed by atoms with Crippen LogP contribution in [0, 0.1) is 6.92 Å². The van der Waals surface area contributed by atoms with E-state index >= 15 is 0 Å². The lowest BCUT2D eigenvalue weighted by molar-refractivity contribution is -0.137. The van der Waals surface area contributed by atoms with Crippen molar-refractivity contribution in [3.8, 4) is 0 Å². The molecule has 0 radical (unpaired) electrons. The molecular weight excluding hydrogens is 333 g/mol. The van der Waals surface area contributed by atoms with E-state index in [9.17, 15) is 22.8 Å². The Morgan fingerprint density at radius 1 is 1.04 bits per heavy atom. The Bertz CT molecular complexity index is 771. The van der Waals surface area contributed by atoms with Gasteiger partial charge in [-0.15, -0.1) is 0 Å². The van der Waals surface area contributed by atoms with Gasteiger partial charge in [0.15, 0.2) is 0 Å². The fourth-order valence-electron chi connectivity index (χ4n) is 2.26. The highest BCUT2D eigenvalue weighted by Crippen LogP contribution is 2.30. The first-order valence-electron chi connectivity index (χ1n) is 7.49. The van der Waals surface area contributed by atoms with Gasteiger partial charge in [0, 0.05) is 18.3 Å². The van der Waals surface area contributed by atoms with E-state index < -0.39 is 23.6 Å². The molecule has 0 aromatic heterocycles. The van der Waals surface area contributed by atoms with Crippen LogP contribution in [0.25, 0.3) is 0 Å².